The number of aliphatic hydroxyl groups excluding tert-OH is 1. The number of esters is 1. The third-order valence-electron chi connectivity index (χ3n) is 3.49. The molecular formula is C15H17FN2O4S. The van der Waals surface area contributed by atoms with Gasteiger partial charge in [0.05, 0.1) is 31.5 Å². The van der Waals surface area contributed by atoms with Crippen LogP contribution in [-0.2, 0) is 14.3 Å². The van der Waals surface area contributed by atoms with Crippen LogP contribution >= 0.6 is 12.6 Å². The van der Waals surface area contributed by atoms with E-state index in [0.29, 0.717) is 10.5 Å². The van der Waals surface area contributed by atoms with E-state index in [-0.39, 0.29) is 36.7 Å². The Kier molecular flexibility index (Phi) is 5.27. The molecule has 0 saturated heterocycles. The van der Waals surface area contributed by atoms with Gasteiger partial charge in [-0.15, -0.1) is 12.6 Å². The molecule has 0 aromatic heterocycles. The molecule has 1 aliphatic heterocycles. The molecule has 0 fully saturated rings. The molecule has 0 spiro atoms. The zero-order valence-corrected chi connectivity index (χ0v) is 13.6. The lowest BCUT2D eigenvalue weighted by molar-refractivity contribution is -0.136. The van der Waals surface area contributed by atoms with Crippen LogP contribution in [0.2, 0.25) is 0 Å². The zero-order valence-electron chi connectivity index (χ0n) is 12.7. The van der Waals surface area contributed by atoms with Gasteiger partial charge in [-0.2, -0.15) is 0 Å². The summed E-state index contributed by atoms with van der Waals surface area (Å²) in [6.45, 7) is 1.47. The third kappa shape index (κ3) is 3.48. The molecule has 6 nitrogen and oxygen atoms in total. The number of hydrogen-bond donors (Lipinski definition) is 3. The van der Waals surface area contributed by atoms with E-state index in [2.05, 4.69) is 22.7 Å². The fourth-order valence-electron chi connectivity index (χ4n) is 2.25. The summed E-state index contributed by atoms with van der Waals surface area (Å²) < 4.78 is 18.4. The minimum atomic E-state index is -0.658. The van der Waals surface area contributed by atoms with E-state index < -0.39 is 17.7 Å². The highest BCUT2D eigenvalue weighted by Crippen LogP contribution is 2.28. The summed E-state index contributed by atoms with van der Waals surface area (Å²) >= 11 is 4.25. The van der Waals surface area contributed by atoms with Crippen molar-refractivity contribution >= 4 is 30.2 Å². The van der Waals surface area contributed by atoms with E-state index in [4.69, 9.17) is 5.11 Å². The first-order valence-corrected chi connectivity index (χ1v) is 7.31. The van der Waals surface area contributed by atoms with Gasteiger partial charge in [0, 0.05) is 11.4 Å². The first-order chi connectivity index (χ1) is 10.9. The first-order valence-electron chi connectivity index (χ1n) is 6.86. The molecule has 0 aliphatic carbocycles. The highest BCUT2D eigenvalue weighted by atomic mass is 32.1. The SMILES string of the molecule is COC(=O)C1=C(Nc2cc(F)c(C)cc2S)C(=O)N(CCO)C1. The maximum atomic E-state index is 13.7. The molecule has 0 unspecified atom stereocenters. The molecule has 1 heterocycles. The summed E-state index contributed by atoms with van der Waals surface area (Å²) in [4.78, 5) is 26.0. The van der Waals surface area contributed by atoms with Gasteiger partial charge in [0.15, 0.2) is 0 Å². The van der Waals surface area contributed by atoms with Crippen LogP contribution < -0.4 is 5.32 Å². The number of thiol groups is 1. The average Bonchev–Trinajstić information content (AvgIpc) is 2.81. The van der Waals surface area contributed by atoms with Gasteiger partial charge in [-0.1, -0.05) is 0 Å². The highest BCUT2D eigenvalue weighted by Gasteiger charge is 2.34. The van der Waals surface area contributed by atoms with Gasteiger partial charge in [0.25, 0.3) is 5.91 Å². The van der Waals surface area contributed by atoms with Crippen molar-refractivity contribution in [3.05, 3.63) is 34.8 Å². The summed E-state index contributed by atoms with van der Waals surface area (Å²) in [5.74, 6) is -1.58. The van der Waals surface area contributed by atoms with Crippen LogP contribution in [0.5, 0.6) is 0 Å². The number of benzene rings is 1. The summed E-state index contributed by atoms with van der Waals surface area (Å²) in [5.41, 5.74) is 0.818. The van der Waals surface area contributed by atoms with Crippen LogP contribution in [0.15, 0.2) is 28.3 Å². The minimum Gasteiger partial charge on any atom is -0.466 e. The average molecular weight is 340 g/mol. The summed E-state index contributed by atoms with van der Waals surface area (Å²) in [7, 11) is 1.21. The second-order valence-corrected chi connectivity index (χ2v) is 5.52. The van der Waals surface area contributed by atoms with Gasteiger partial charge in [0.2, 0.25) is 0 Å². The normalized spacial score (nSPS) is 14.5. The van der Waals surface area contributed by atoms with Crippen molar-refractivity contribution in [2.24, 2.45) is 0 Å². The van der Waals surface area contributed by atoms with Crippen LogP contribution in [0.25, 0.3) is 0 Å². The van der Waals surface area contributed by atoms with Crippen molar-refractivity contribution in [1.82, 2.24) is 4.90 Å². The van der Waals surface area contributed by atoms with Gasteiger partial charge >= 0.3 is 5.97 Å². The van der Waals surface area contributed by atoms with E-state index in [1.807, 2.05) is 0 Å². The third-order valence-corrected chi connectivity index (χ3v) is 3.86. The fraction of sp³-hybridized carbons (Fsp3) is 0.333. The van der Waals surface area contributed by atoms with Crippen LogP contribution in [0.4, 0.5) is 10.1 Å². The number of aryl methyl sites for hydroxylation is 1. The molecule has 23 heavy (non-hydrogen) atoms. The molecule has 0 bridgehead atoms. The summed E-state index contributed by atoms with van der Waals surface area (Å²) in [6, 6.07) is 2.73. The Morgan fingerprint density at radius 2 is 2.22 bits per heavy atom. The number of anilines is 1. The van der Waals surface area contributed by atoms with Gasteiger partial charge < -0.3 is 20.1 Å². The molecule has 1 aromatic rings. The van der Waals surface area contributed by atoms with Crippen LogP contribution in [0, 0.1) is 12.7 Å². The molecule has 2 N–H and O–H groups in total. The molecule has 1 aromatic carbocycles. The molecule has 1 aliphatic rings. The Morgan fingerprint density at radius 1 is 1.52 bits per heavy atom. The number of methoxy groups -OCH3 is 1. The topological polar surface area (TPSA) is 78.9 Å². The number of β-amino-alcohol motifs (C(OH)–C–C–N with tert-alkyl or cyclic N) is 1. The maximum Gasteiger partial charge on any atom is 0.337 e. The quantitative estimate of drug-likeness (QED) is 0.553. The lowest BCUT2D eigenvalue weighted by atomic mass is 10.2. The number of carbonyl (C=O) groups excluding carboxylic acids is 2. The largest absolute Gasteiger partial charge is 0.466 e. The van der Waals surface area contributed by atoms with E-state index >= 15 is 0 Å². The summed E-state index contributed by atoms with van der Waals surface area (Å²) in [5, 5.41) is 11.8. The number of hydrogen-bond acceptors (Lipinski definition) is 6. The van der Waals surface area contributed by atoms with Crippen molar-refractivity contribution in [3.63, 3.8) is 0 Å². The Hall–Kier alpha value is -2.06. The Labute approximate surface area is 138 Å². The smallest absolute Gasteiger partial charge is 0.337 e. The highest BCUT2D eigenvalue weighted by molar-refractivity contribution is 7.80. The number of halogens is 1. The van der Waals surface area contributed by atoms with Crippen molar-refractivity contribution < 1.29 is 23.8 Å². The lowest BCUT2D eigenvalue weighted by Gasteiger charge is -2.15. The number of nitrogens with zero attached hydrogens (tertiary/aromatic N) is 1. The summed E-state index contributed by atoms with van der Waals surface area (Å²) in [6.07, 6.45) is 0. The van der Waals surface area contributed by atoms with Crippen LogP contribution in [-0.4, -0.2) is 48.7 Å². The fourth-order valence-corrected chi connectivity index (χ4v) is 2.56. The molecule has 2 rings (SSSR count). The molecule has 1 amide bonds. The molecular weight excluding hydrogens is 323 g/mol. The predicted octanol–water partition coefficient (Wildman–Crippen LogP) is 1.10. The van der Waals surface area contributed by atoms with E-state index in [0.717, 1.165) is 0 Å². The number of rotatable bonds is 5. The Bertz CT molecular complexity index is 690. The Balaban J connectivity index is 2.39. The van der Waals surface area contributed by atoms with Gasteiger partial charge in [-0.3, -0.25) is 4.79 Å². The molecule has 0 saturated carbocycles. The van der Waals surface area contributed by atoms with Gasteiger partial charge in [-0.25, -0.2) is 9.18 Å². The zero-order chi connectivity index (χ0) is 17.1. The van der Waals surface area contributed by atoms with E-state index in [9.17, 15) is 14.0 Å². The number of amides is 1. The second kappa shape index (κ2) is 7.01. The van der Waals surface area contributed by atoms with E-state index in [1.54, 1.807) is 6.92 Å². The molecule has 0 atom stereocenters. The number of carbonyl (C=O) groups is 2. The van der Waals surface area contributed by atoms with Crippen molar-refractivity contribution in [3.8, 4) is 0 Å². The minimum absolute atomic E-state index is 0.00357. The number of nitrogens with one attached hydrogen (secondary N) is 1. The monoisotopic (exact) mass is 340 g/mol. The van der Waals surface area contributed by atoms with Crippen molar-refractivity contribution in [2.45, 2.75) is 11.8 Å². The Morgan fingerprint density at radius 3 is 2.83 bits per heavy atom. The van der Waals surface area contributed by atoms with Crippen LogP contribution in [0.3, 0.4) is 0 Å². The van der Waals surface area contributed by atoms with E-state index in [1.165, 1.54) is 24.1 Å². The van der Waals surface area contributed by atoms with Gasteiger partial charge in [0.1, 0.15) is 11.5 Å². The number of ether oxygens (including phenoxy) is 1. The second-order valence-electron chi connectivity index (χ2n) is 5.04. The maximum absolute atomic E-state index is 13.7. The molecule has 124 valence electrons. The van der Waals surface area contributed by atoms with Gasteiger partial charge in [-0.05, 0) is 24.6 Å². The standard InChI is InChI=1S/C15H17FN2O4S/c1-8-5-12(23)11(6-10(8)16)17-13-9(15(21)22-2)7-18(3-4-19)14(13)20/h5-6,17,19,23H,3-4,7H2,1-2H3. The van der Waals surface area contributed by atoms with Crippen molar-refractivity contribution in [2.75, 3.05) is 32.1 Å². The molecule has 8 heteroatoms. The molecule has 0 radical (unpaired) electrons. The predicted molar refractivity (Wildman–Crippen MR) is 84.7 cm³/mol. The first kappa shape index (κ1) is 17.3. The van der Waals surface area contributed by atoms with Crippen molar-refractivity contribution in [1.29, 1.82) is 0 Å². The van der Waals surface area contributed by atoms with Crippen LogP contribution in [0.1, 0.15) is 5.56 Å². The number of aliphatic hydroxyl groups is 1. The lowest BCUT2D eigenvalue weighted by Crippen LogP contribution is -2.31.